The molecule has 0 unspecified atom stereocenters. The van der Waals surface area contributed by atoms with Gasteiger partial charge in [-0.1, -0.05) is 22.9 Å². The SMILES string of the molecule is CCCNC(=S)Nc1ccc(Oc2ccc(Br)cc2)cc1. The van der Waals surface area contributed by atoms with Gasteiger partial charge in [-0.15, -0.1) is 0 Å². The molecule has 3 nitrogen and oxygen atoms in total. The first-order valence-electron chi connectivity index (χ1n) is 6.75. The van der Waals surface area contributed by atoms with E-state index in [4.69, 9.17) is 17.0 Å². The van der Waals surface area contributed by atoms with Gasteiger partial charge in [-0.3, -0.25) is 0 Å². The molecule has 0 aromatic heterocycles. The summed E-state index contributed by atoms with van der Waals surface area (Å²) in [6, 6.07) is 15.4. The summed E-state index contributed by atoms with van der Waals surface area (Å²) in [5.41, 5.74) is 0.937. The number of halogens is 1. The third-order valence-corrected chi connectivity index (χ3v) is 3.47. The Balaban J connectivity index is 1.92. The Morgan fingerprint density at radius 1 is 1.05 bits per heavy atom. The Kier molecular flexibility index (Phi) is 6.02. The molecule has 5 heteroatoms. The Labute approximate surface area is 138 Å². The van der Waals surface area contributed by atoms with Crippen molar-refractivity contribution in [3.63, 3.8) is 0 Å². The number of benzene rings is 2. The lowest BCUT2D eigenvalue weighted by atomic mass is 10.3. The van der Waals surface area contributed by atoms with Crippen LogP contribution in [-0.2, 0) is 0 Å². The molecule has 0 bridgehead atoms. The Morgan fingerprint density at radius 2 is 1.62 bits per heavy atom. The molecule has 0 aliphatic carbocycles. The summed E-state index contributed by atoms with van der Waals surface area (Å²) in [7, 11) is 0. The second kappa shape index (κ2) is 8.00. The summed E-state index contributed by atoms with van der Waals surface area (Å²) >= 11 is 8.59. The molecule has 0 saturated heterocycles. The molecule has 0 spiro atoms. The monoisotopic (exact) mass is 364 g/mol. The van der Waals surface area contributed by atoms with Crippen LogP contribution in [0.25, 0.3) is 0 Å². The lowest BCUT2D eigenvalue weighted by Gasteiger charge is -2.10. The van der Waals surface area contributed by atoms with Crippen molar-refractivity contribution in [1.82, 2.24) is 5.32 Å². The third-order valence-electron chi connectivity index (χ3n) is 2.70. The minimum absolute atomic E-state index is 0.637. The fourth-order valence-electron chi connectivity index (χ4n) is 1.66. The van der Waals surface area contributed by atoms with Gasteiger partial charge in [0.05, 0.1) is 0 Å². The normalized spacial score (nSPS) is 10.0. The number of rotatable bonds is 5. The van der Waals surface area contributed by atoms with Gasteiger partial charge in [0.25, 0.3) is 0 Å². The minimum Gasteiger partial charge on any atom is -0.457 e. The van der Waals surface area contributed by atoms with Gasteiger partial charge < -0.3 is 15.4 Å². The largest absolute Gasteiger partial charge is 0.457 e. The number of thiocarbonyl (C=S) groups is 1. The predicted molar refractivity (Wildman–Crippen MR) is 95.2 cm³/mol. The van der Waals surface area contributed by atoms with Crippen molar-refractivity contribution in [1.29, 1.82) is 0 Å². The highest BCUT2D eigenvalue weighted by atomic mass is 79.9. The lowest BCUT2D eigenvalue weighted by molar-refractivity contribution is 0.482. The molecule has 0 aliphatic heterocycles. The van der Waals surface area contributed by atoms with Gasteiger partial charge in [-0.2, -0.15) is 0 Å². The molecular formula is C16H17BrN2OS. The van der Waals surface area contributed by atoms with E-state index in [1.54, 1.807) is 0 Å². The van der Waals surface area contributed by atoms with E-state index in [0.717, 1.165) is 34.6 Å². The molecule has 2 aromatic carbocycles. The van der Waals surface area contributed by atoms with Crippen molar-refractivity contribution in [2.24, 2.45) is 0 Å². The number of hydrogen-bond acceptors (Lipinski definition) is 2. The van der Waals surface area contributed by atoms with Gasteiger partial charge in [0.15, 0.2) is 5.11 Å². The summed E-state index contributed by atoms with van der Waals surface area (Å²) in [4.78, 5) is 0. The zero-order valence-electron chi connectivity index (χ0n) is 11.7. The van der Waals surface area contributed by atoms with Crippen molar-refractivity contribution in [3.8, 4) is 11.5 Å². The van der Waals surface area contributed by atoms with Crippen molar-refractivity contribution in [2.75, 3.05) is 11.9 Å². The van der Waals surface area contributed by atoms with Gasteiger partial charge in [-0.25, -0.2) is 0 Å². The molecule has 110 valence electrons. The zero-order valence-corrected chi connectivity index (χ0v) is 14.1. The fraction of sp³-hybridized carbons (Fsp3) is 0.188. The van der Waals surface area contributed by atoms with E-state index in [9.17, 15) is 0 Å². The maximum absolute atomic E-state index is 5.76. The molecule has 0 heterocycles. The molecule has 0 fully saturated rings. The Hall–Kier alpha value is -1.59. The second-order valence-electron chi connectivity index (χ2n) is 4.46. The zero-order chi connectivity index (χ0) is 15.1. The van der Waals surface area contributed by atoms with Crippen LogP contribution in [0.3, 0.4) is 0 Å². The van der Waals surface area contributed by atoms with E-state index in [0.29, 0.717) is 5.11 Å². The van der Waals surface area contributed by atoms with Crippen molar-refractivity contribution in [2.45, 2.75) is 13.3 Å². The average Bonchev–Trinajstić information content (AvgIpc) is 2.49. The summed E-state index contributed by atoms with van der Waals surface area (Å²) < 4.78 is 6.79. The molecule has 21 heavy (non-hydrogen) atoms. The minimum atomic E-state index is 0.637. The molecule has 0 amide bonds. The first-order chi connectivity index (χ1) is 10.2. The quantitative estimate of drug-likeness (QED) is 0.736. The standard InChI is InChI=1S/C16H17BrN2OS/c1-2-11-18-16(21)19-13-5-9-15(10-6-13)20-14-7-3-12(17)4-8-14/h3-10H,2,11H2,1H3,(H2,18,19,21). The van der Waals surface area contributed by atoms with E-state index in [-0.39, 0.29) is 0 Å². The molecule has 0 atom stereocenters. The van der Waals surface area contributed by atoms with Gasteiger partial charge >= 0.3 is 0 Å². The maximum Gasteiger partial charge on any atom is 0.170 e. The molecule has 0 saturated carbocycles. The summed E-state index contributed by atoms with van der Waals surface area (Å²) in [5.74, 6) is 1.59. The fourth-order valence-corrected chi connectivity index (χ4v) is 2.14. The van der Waals surface area contributed by atoms with Gasteiger partial charge in [0, 0.05) is 16.7 Å². The van der Waals surface area contributed by atoms with E-state index < -0.39 is 0 Å². The van der Waals surface area contributed by atoms with Crippen molar-refractivity contribution >= 4 is 38.9 Å². The van der Waals surface area contributed by atoms with Crippen LogP contribution in [-0.4, -0.2) is 11.7 Å². The van der Waals surface area contributed by atoms with Crippen LogP contribution >= 0.6 is 28.1 Å². The van der Waals surface area contributed by atoms with Crippen molar-refractivity contribution < 1.29 is 4.74 Å². The highest BCUT2D eigenvalue weighted by Crippen LogP contribution is 2.24. The highest BCUT2D eigenvalue weighted by molar-refractivity contribution is 9.10. The maximum atomic E-state index is 5.76. The van der Waals surface area contributed by atoms with Crippen LogP contribution < -0.4 is 15.4 Å². The van der Waals surface area contributed by atoms with Gasteiger partial charge in [0.2, 0.25) is 0 Å². The number of anilines is 1. The number of nitrogens with one attached hydrogen (secondary N) is 2. The lowest BCUT2D eigenvalue weighted by Crippen LogP contribution is -2.28. The predicted octanol–water partition coefficient (Wildman–Crippen LogP) is 4.94. The summed E-state index contributed by atoms with van der Waals surface area (Å²) in [5, 5.41) is 6.90. The van der Waals surface area contributed by atoms with E-state index in [1.165, 1.54) is 0 Å². The van der Waals surface area contributed by atoms with E-state index in [1.807, 2.05) is 48.5 Å². The molecular weight excluding hydrogens is 348 g/mol. The van der Waals surface area contributed by atoms with Crippen LogP contribution in [0.5, 0.6) is 11.5 Å². The molecule has 2 rings (SSSR count). The van der Waals surface area contributed by atoms with E-state index >= 15 is 0 Å². The molecule has 2 N–H and O–H groups in total. The van der Waals surface area contributed by atoms with Crippen LogP contribution in [0.1, 0.15) is 13.3 Å². The third kappa shape index (κ3) is 5.36. The van der Waals surface area contributed by atoms with Crippen LogP contribution in [0.4, 0.5) is 5.69 Å². The topological polar surface area (TPSA) is 33.3 Å². The second-order valence-corrected chi connectivity index (χ2v) is 5.79. The van der Waals surface area contributed by atoms with Crippen LogP contribution in [0.15, 0.2) is 53.0 Å². The Bertz CT molecular complexity index is 584. The van der Waals surface area contributed by atoms with Crippen molar-refractivity contribution in [3.05, 3.63) is 53.0 Å². The number of hydrogen-bond donors (Lipinski definition) is 2. The Morgan fingerprint density at radius 3 is 2.19 bits per heavy atom. The molecule has 0 radical (unpaired) electrons. The molecule has 2 aromatic rings. The van der Waals surface area contributed by atoms with Gasteiger partial charge in [-0.05, 0) is 67.2 Å². The first-order valence-corrected chi connectivity index (χ1v) is 7.96. The van der Waals surface area contributed by atoms with E-state index in [2.05, 4.69) is 33.5 Å². The first kappa shape index (κ1) is 15.8. The summed E-state index contributed by atoms with van der Waals surface area (Å²) in [6.45, 7) is 2.97. The van der Waals surface area contributed by atoms with Crippen LogP contribution in [0.2, 0.25) is 0 Å². The molecule has 0 aliphatic rings. The highest BCUT2D eigenvalue weighted by Gasteiger charge is 2.00. The average molecular weight is 365 g/mol. The smallest absolute Gasteiger partial charge is 0.170 e. The summed E-state index contributed by atoms with van der Waals surface area (Å²) in [6.07, 6.45) is 1.04. The van der Waals surface area contributed by atoms with Crippen LogP contribution in [0, 0.1) is 0 Å². The number of ether oxygens (including phenoxy) is 1. The van der Waals surface area contributed by atoms with Gasteiger partial charge in [0.1, 0.15) is 11.5 Å².